The van der Waals surface area contributed by atoms with Crippen molar-refractivity contribution in [1.29, 1.82) is 0 Å². The molecule has 3 aromatic rings. The first-order chi connectivity index (χ1) is 15.5. The molecule has 0 aliphatic rings. The highest BCUT2D eigenvalue weighted by Crippen LogP contribution is 2.31. The van der Waals surface area contributed by atoms with Crippen molar-refractivity contribution in [3.8, 4) is 17.0 Å². The van der Waals surface area contributed by atoms with E-state index in [4.69, 9.17) is 5.11 Å². The molecule has 1 heterocycles. The number of carboxylic acids is 1. The smallest absolute Gasteiger partial charge is 0.481 e. The zero-order valence-corrected chi connectivity index (χ0v) is 18.2. The van der Waals surface area contributed by atoms with Crippen molar-refractivity contribution in [3.63, 3.8) is 0 Å². The van der Waals surface area contributed by atoms with Crippen molar-refractivity contribution in [1.82, 2.24) is 9.97 Å². The Morgan fingerprint density at radius 1 is 1.09 bits per heavy atom. The molecule has 174 valence electrons. The van der Waals surface area contributed by atoms with Crippen molar-refractivity contribution < 1.29 is 36.6 Å². The first-order valence-electron chi connectivity index (χ1n) is 9.32. The van der Waals surface area contributed by atoms with Crippen LogP contribution in [0.4, 0.5) is 27.8 Å². The van der Waals surface area contributed by atoms with Crippen LogP contribution in [-0.4, -0.2) is 34.0 Å². The van der Waals surface area contributed by atoms with Gasteiger partial charge in [0.2, 0.25) is 0 Å². The summed E-state index contributed by atoms with van der Waals surface area (Å²) in [7, 11) is 0. The fraction of sp³-hybridized carbons (Fsp3) is 0.190. The Balaban J connectivity index is 1.78. The van der Waals surface area contributed by atoms with Crippen LogP contribution < -0.4 is 10.1 Å². The number of benzene rings is 2. The number of hydrogen-bond donors (Lipinski definition) is 2. The second-order valence-electron chi connectivity index (χ2n) is 6.75. The average Bonchev–Trinajstić information content (AvgIpc) is 2.70. The number of aromatic nitrogens is 2. The molecule has 2 aromatic carbocycles. The Hall–Kier alpha value is -3.28. The lowest BCUT2D eigenvalue weighted by atomic mass is 10.1. The highest BCUT2D eigenvalue weighted by molar-refractivity contribution is 9.10. The second kappa shape index (κ2) is 10.1. The summed E-state index contributed by atoms with van der Waals surface area (Å²) in [4.78, 5) is 18.9. The van der Waals surface area contributed by atoms with Crippen molar-refractivity contribution in [2.45, 2.75) is 19.2 Å². The van der Waals surface area contributed by atoms with Crippen LogP contribution in [0.15, 0.2) is 47.2 Å². The van der Waals surface area contributed by atoms with E-state index in [-0.39, 0.29) is 45.6 Å². The van der Waals surface area contributed by atoms with Gasteiger partial charge in [0.05, 0.1) is 12.1 Å². The molecule has 0 saturated heterocycles. The first kappa shape index (κ1) is 24.4. The fourth-order valence-electron chi connectivity index (χ4n) is 2.98. The SMILES string of the molecule is O=C(O)Cc1ccc(-c2cc(NCCc3c(F)cc(Br)cc3F)ncn2)cc1OC(F)(F)F. The molecule has 0 aliphatic heterocycles. The zero-order chi connectivity index (χ0) is 24.2. The molecule has 33 heavy (non-hydrogen) atoms. The van der Waals surface area contributed by atoms with Crippen molar-refractivity contribution in [2.24, 2.45) is 0 Å². The molecule has 1 aromatic heterocycles. The number of rotatable bonds is 8. The predicted octanol–water partition coefficient (Wildman–Crippen LogP) is 5.36. The predicted molar refractivity (Wildman–Crippen MR) is 112 cm³/mol. The first-order valence-corrected chi connectivity index (χ1v) is 10.1. The molecular weight excluding hydrogens is 517 g/mol. The largest absolute Gasteiger partial charge is 0.573 e. The summed E-state index contributed by atoms with van der Waals surface area (Å²) in [6.45, 7) is 0.117. The number of aliphatic carboxylic acids is 1. The van der Waals surface area contributed by atoms with E-state index in [1.54, 1.807) is 0 Å². The average molecular weight is 532 g/mol. The number of carbonyl (C=O) groups is 1. The Labute approximate surface area is 192 Å². The maximum atomic E-state index is 13.9. The minimum atomic E-state index is -5.01. The molecule has 0 saturated carbocycles. The topological polar surface area (TPSA) is 84.3 Å². The molecule has 0 unspecified atom stereocenters. The van der Waals surface area contributed by atoms with Gasteiger partial charge in [-0.15, -0.1) is 13.2 Å². The molecule has 0 fully saturated rings. The number of ether oxygens (including phenoxy) is 1. The molecule has 3 rings (SSSR count). The Morgan fingerprint density at radius 2 is 1.79 bits per heavy atom. The van der Waals surface area contributed by atoms with Gasteiger partial charge in [0, 0.05) is 33.8 Å². The molecule has 0 amide bonds. The molecule has 2 N–H and O–H groups in total. The summed E-state index contributed by atoms with van der Waals surface area (Å²) >= 11 is 3.01. The Kier molecular flexibility index (Phi) is 7.46. The van der Waals surface area contributed by atoms with E-state index in [0.29, 0.717) is 0 Å². The number of nitrogens with one attached hydrogen (secondary N) is 1. The van der Waals surface area contributed by atoms with Gasteiger partial charge in [-0.25, -0.2) is 18.7 Å². The fourth-order valence-corrected chi connectivity index (χ4v) is 3.38. The second-order valence-corrected chi connectivity index (χ2v) is 7.67. The lowest BCUT2D eigenvalue weighted by Gasteiger charge is -2.14. The molecule has 0 atom stereocenters. The van der Waals surface area contributed by atoms with Crippen LogP contribution in [0.1, 0.15) is 11.1 Å². The number of halogens is 6. The molecule has 0 bridgehead atoms. The van der Waals surface area contributed by atoms with Gasteiger partial charge in [-0.05, 0) is 24.6 Å². The lowest BCUT2D eigenvalue weighted by molar-refractivity contribution is -0.274. The molecule has 12 heteroatoms. The zero-order valence-electron chi connectivity index (χ0n) is 16.6. The number of anilines is 1. The van der Waals surface area contributed by atoms with Gasteiger partial charge >= 0.3 is 12.3 Å². The van der Waals surface area contributed by atoms with Crippen LogP contribution in [0, 0.1) is 11.6 Å². The Bertz CT molecular complexity index is 1150. The van der Waals surface area contributed by atoms with Gasteiger partial charge in [0.1, 0.15) is 29.5 Å². The van der Waals surface area contributed by atoms with Crippen LogP contribution in [0.3, 0.4) is 0 Å². The number of alkyl halides is 3. The third-order valence-corrected chi connectivity index (χ3v) is 4.84. The van der Waals surface area contributed by atoms with Gasteiger partial charge in [-0.1, -0.05) is 28.1 Å². The molecule has 0 aliphatic carbocycles. The van der Waals surface area contributed by atoms with Gasteiger partial charge < -0.3 is 15.2 Å². The third-order valence-electron chi connectivity index (χ3n) is 4.38. The van der Waals surface area contributed by atoms with Crippen LogP contribution in [0.2, 0.25) is 0 Å². The van der Waals surface area contributed by atoms with E-state index in [9.17, 15) is 26.7 Å². The van der Waals surface area contributed by atoms with E-state index in [1.807, 2.05) is 0 Å². The summed E-state index contributed by atoms with van der Waals surface area (Å²) < 4.78 is 70.4. The maximum Gasteiger partial charge on any atom is 0.573 e. The van der Waals surface area contributed by atoms with Gasteiger partial charge in [-0.2, -0.15) is 0 Å². The van der Waals surface area contributed by atoms with E-state index in [0.717, 1.165) is 24.5 Å². The van der Waals surface area contributed by atoms with E-state index >= 15 is 0 Å². The standard InChI is InChI=1S/C21H15BrF5N3O3/c22-13-7-15(23)14(16(24)8-13)3-4-28-19-9-17(29-10-30-19)11-1-2-12(6-20(31)32)18(5-11)33-21(25,26)27/h1-2,5,7-10H,3-4,6H2,(H,31,32)(H,28,29,30). The summed E-state index contributed by atoms with van der Waals surface area (Å²) in [5.41, 5.74) is 0.179. The quantitative estimate of drug-likeness (QED) is 0.380. The van der Waals surface area contributed by atoms with Crippen LogP contribution in [0.25, 0.3) is 11.3 Å². The van der Waals surface area contributed by atoms with Gasteiger partial charge in [-0.3, -0.25) is 4.79 Å². The molecule has 0 radical (unpaired) electrons. The van der Waals surface area contributed by atoms with Crippen molar-refractivity contribution >= 4 is 27.7 Å². The van der Waals surface area contributed by atoms with Gasteiger partial charge in [0.15, 0.2) is 0 Å². The highest BCUT2D eigenvalue weighted by Gasteiger charge is 2.32. The lowest BCUT2D eigenvalue weighted by Crippen LogP contribution is -2.18. The summed E-state index contributed by atoms with van der Waals surface area (Å²) in [6, 6.07) is 7.37. The number of nitrogens with zero attached hydrogens (tertiary/aromatic N) is 2. The maximum absolute atomic E-state index is 13.9. The van der Waals surface area contributed by atoms with Crippen molar-refractivity contribution in [2.75, 3.05) is 11.9 Å². The molecule has 0 spiro atoms. The van der Waals surface area contributed by atoms with Crippen molar-refractivity contribution in [3.05, 3.63) is 70.0 Å². The summed E-state index contributed by atoms with van der Waals surface area (Å²) in [5.74, 6) is -3.11. The minimum Gasteiger partial charge on any atom is -0.481 e. The van der Waals surface area contributed by atoms with E-state index in [2.05, 4.69) is 36.0 Å². The number of hydrogen-bond acceptors (Lipinski definition) is 5. The molecule has 6 nitrogen and oxygen atoms in total. The van der Waals surface area contributed by atoms with Crippen LogP contribution >= 0.6 is 15.9 Å². The minimum absolute atomic E-state index is 0.0116. The van der Waals surface area contributed by atoms with Gasteiger partial charge in [0.25, 0.3) is 0 Å². The normalized spacial score (nSPS) is 11.3. The summed E-state index contributed by atoms with van der Waals surface area (Å²) in [6.07, 6.45) is -4.50. The van der Waals surface area contributed by atoms with E-state index < -0.39 is 36.1 Å². The monoisotopic (exact) mass is 531 g/mol. The highest BCUT2D eigenvalue weighted by atomic mass is 79.9. The van der Waals surface area contributed by atoms with Crippen LogP contribution in [0.5, 0.6) is 5.75 Å². The summed E-state index contributed by atoms with van der Waals surface area (Å²) in [5, 5.41) is 11.8. The number of carboxylic acid groups (broad SMARTS) is 1. The molecular formula is C21H15BrF5N3O3. The third kappa shape index (κ3) is 6.85. The van der Waals surface area contributed by atoms with Crippen LogP contribution in [-0.2, 0) is 17.6 Å². The van der Waals surface area contributed by atoms with E-state index in [1.165, 1.54) is 18.2 Å². The Morgan fingerprint density at radius 3 is 2.42 bits per heavy atom.